The molecule has 0 aliphatic carbocycles. The number of rotatable bonds is 7. The van der Waals surface area contributed by atoms with Gasteiger partial charge in [0.15, 0.2) is 0 Å². The molecule has 0 saturated carbocycles. The molecule has 10 heteroatoms. The zero-order chi connectivity index (χ0) is 23.3. The number of amides is 2. The van der Waals surface area contributed by atoms with Crippen LogP contribution in [-0.4, -0.2) is 37.6 Å². The molecule has 1 saturated heterocycles. The molecular formula is C22H17Cl3N2O3S2. The number of benzene rings is 2. The number of nitrogens with zero attached hydrogens (tertiary/aromatic N) is 1. The van der Waals surface area contributed by atoms with E-state index < -0.39 is 15.9 Å². The van der Waals surface area contributed by atoms with Crippen LogP contribution in [-0.2, 0) is 4.79 Å². The zero-order valence-corrected chi connectivity index (χ0v) is 20.4. The minimum absolute atomic E-state index is 0.167. The first kappa shape index (κ1) is 24.6. The number of hydrogen-bond acceptors (Lipinski definition) is 5. The quantitative estimate of drug-likeness (QED) is 0.167. The Morgan fingerprint density at radius 2 is 1.84 bits per heavy atom. The average molecular weight is 528 g/mol. The molecule has 5 nitrogen and oxygen atoms in total. The van der Waals surface area contributed by atoms with Gasteiger partial charge in [0.05, 0.1) is 4.91 Å². The molecule has 2 amide bonds. The van der Waals surface area contributed by atoms with Gasteiger partial charge in [0.1, 0.15) is 10.1 Å². The first-order valence-electron chi connectivity index (χ1n) is 9.24. The van der Waals surface area contributed by atoms with Gasteiger partial charge >= 0.3 is 0 Å². The fraction of sp³-hybridized carbons (Fsp3) is 0.136. The van der Waals surface area contributed by atoms with Gasteiger partial charge in [0.25, 0.3) is 11.8 Å². The Morgan fingerprint density at radius 1 is 1.19 bits per heavy atom. The van der Waals surface area contributed by atoms with Crippen molar-refractivity contribution in [2.45, 2.75) is 10.0 Å². The van der Waals surface area contributed by atoms with Gasteiger partial charge in [-0.2, -0.15) is 0 Å². The first-order chi connectivity index (χ1) is 15.2. The Morgan fingerprint density at radius 3 is 2.44 bits per heavy atom. The van der Waals surface area contributed by atoms with Gasteiger partial charge in [0, 0.05) is 12.1 Å². The lowest BCUT2D eigenvalue weighted by Gasteiger charge is -2.26. The number of alkyl halides is 3. The van der Waals surface area contributed by atoms with Crippen molar-refractivity contribution in [3.8, 4) is 5.75 Å². The summed E-state index contributed by atoms with van der Waals surface area (Å²) in [7, 11) is 0. The van der Waals surface area contributed by atoms with Crippen molar-refractivity contribution >= 4 is 81.0 Å². The number of carbonyl (C=O) groups is 2. The van der Waals surface area contributed by atoms with E-state index in [1.165, 1.54) is 16.7 Å². The van der Waals surface area contributed by atoms with Crippen LogP contribution in [0.25, 0.3) is 6.08 Å². The van der Waals surface area contributed by atoms with Crippen LogP contribution < -0.4 is 10.1 Å². The second-order valence-corrected chi connectivity index (χ2v) is 10.6. The Kier molecular flexibility index (Phi) is 8.25. The monoisotopic (exact) mass is 526 g/mol. The summed E-state index contributed by atoms with van der Waals surface area (Å²) in [4.78, 5) is 26.9. The molecule has 0 aromatic heterocycles. The molecule has 0 bridgehead atoms. The maximum Gasteiger partial charge on any atom is 0.266 e. The molecule has 1 aliphatic heterocycles. The van der Waals surface area contributed by atoms with Crippen LogP contribution in [0.3, 0.4) is 0 Å². The topological polar surface area (TPSA) is 58.6 Å². The van der Waals surface area contributed by atoms with Crippen LogP contribution in [0, 0.1) is 0 Å². The van der Waals surface area contributed by atoms with Gasteiger partial charge in [-0.3, -0.25) is 14.5 Å². The maximum atomic E-state index is 12.4. The fourth-order valence-corrected chi connectivity index (χ4v) is 4.26. The van der Waals surface area contributed by atoms with E-state index in [1.807, 2.05) is 0 Å². The van der Waals surface area contributed by atoms with E-state index >= 15 is 0 Å². The predicted octanol–water partition coefficient (Wildman–Crippen LogP) is 5.58. The van der Waals surface area contributed by atoms with E-state index in [-0.39, 0.29) is 5.91 Å². The van der Waals surface area contributed by atoms with Crippen LogP contribution in [0.1, 0.15) is 15.9 Å². The molecule has 1 fully saturated rings. The van der Waals surface area contributed by atoms with Crippen molar-refractivity contribution < 1.29 is 14.3 Å². The summed E-state index contributed by atoms with van der Waals surface area (Å²) < 4.78 is 4.29. The minimum Gasteiger partial charge on any atom is -0.466 e. The highest BCUT2D eigenvalue weighted by atomic mass is 35.6. The third-order valence-corrected chi connectivity index (χ3v) is 6.18. The van der Waals surface area contributed by atoms with Crippen LogP contribution in [0.2, 0.25) is 0 Å². The lowest BCUT2D eigenvalue weighted by molar-refractivity contribution is -0.121. The lowest BCUT2D eigenvalue weighted by atomic mass is 10.2. The normalized spacial score (nSPS) is 16.2. The van der Waals surface area contributed by atoms with Crippen molar-refractivity contribution in [2.24, 2.45) is 0 Å². The van der Waals surface area contributed by atoms with Crippen molar-refractivity contribution in [3.05, 3.63) is 83.3 Å². The van der Waals surface area contributed by atoms with Crippen LogP contribution >= 0.6 is 58.8 Å². The summed E-state index contributed by atoms with van der Waals surface area (Å²) in [6.45, 7) is 4.00. The van der Waals surface area contributed by atoms with Gasteiger partial charge < -0.3 is 10.1 Å². The standard InChI is InChI=1S/C22H17Cl3N2O3S2/c1-2-12-27-19(29)17(32-21(27)31)13-14-8-10-16(11-9-14)30-20(22(23,24)25)26-18(28)15-6-4-3-5-7-15/h2-11,13,20H,1,12H2,(H,26,28)/b17-13-. The van der Waals surface area contributed by atoms with Gasteiger partial charge in [0.2, 0.25) is 10.0 Å². The van der Waals surface area contributed by atoms with Gasteiger partial charge in [-0.15, -0.1) is 6.58 Å². The maximum absolute atomic E-state index is 12.4. The zero-order valence-electron chi connectivity index (χ0n) is 16.5. The minimum atomic E-state index is -1.91. The highest BCUT2D eigenvalue weighted by molar-refractivity contribution is 8.26. The summed E-state index contributed by atoms with van der Waals surface area (Å²) in [5.74, 6) is -0.244. The Labute approximate surface area is 210 Å². The number of thioether (sulfide) groups is 1. The second-order valence-electron chi connectivity index (χ2n) is 6.53. The molecular weight excluding hydrogens is 511 g/mol. The van der Waals surface area contributed by atoms with Crippen molar-refractivity contribution in [1.82, 2.24) is 10.2 Å². The first-order valence-corrected chi connectivity index (χ1v) is 11.6. The Hall–Kier alpha value is -2.03. The van der Waals surface area contributed by atoms with Crippen molar-refractivity contribution in [2.75, 3.05) is 6.54 Å². The molecule has 2 aromatic rings. The molecule has 1 unspecified atom stereocenters. The van der Waals surface area contributed by atoms with Crippen molar-refractivity contribution in [1.29, 1.82) is 0 Å². The number of nitrogens with one attached hydrogen (secondary N) is 1. The third-order valence-electron chi connectivity index (χ3n) is 4.21. The molecule has 1 heterocycles. The summed E-state index contributed by atoms with van der Waals surface area (Å²) >= 11 is 24.5. The highest BCUT2D eigenvalue weighted by Crippen LogP contribution is 2.34. The predicted molar refractivity (Wildman–Crippen MR) is 135 cm³/mol. The fourth-order valence-electron chi connectivity index (χ4n) is 2.69. The Balaban J connectivity index is 1.71. The summed E-state index contributed by atoms with van der Waals surface area (Å²) in [6, 6.07) is 15.3. The summed E-state index contributed by atoms with van der Waals surface area (Å²) in [6.07, 6.45) is 2.12. The molecule has 1 N–H and O–H groups in total. The molecule has 0 spiro atoms. The number of thiocarbonyl (C=S) groups is 1. The molecule has 1 aliphatic rings. The SMILES string of the molecule is C=CCN1C(=O)/C(=C/c2ccc(OC(NC(=O)c3ccccc3)C(Cl)(Cl)Cl)cc2)SC1=S. The average Bonchev–Trinajstić information content (AvgIpc) is 3.02. The largest absolute Gasteiger partial charge is 0.466 e. The van der Waals surface area contributed by atoms with E-state index in [0.717, 1.165) is 5.56 Å². The van der Waals surface area contributed by atoms with E-state index in [0.29, 0.717) is 27.1 Å². The van der Waals surface area contributed by atoms with E-state index in [4.69, 9.17) is 51.8 Å². The molecule has 32 heavy (non-hydrogen) atoms. The number of halogens is 3. The molecule has 2 aromatic carbocycles. The number of hydrogen-bond donors (Lipinski definition) is 1. The molecule has 1 atom stereocenters. The summed E-state index contributed by atoms with van der Waals surface area (Å²) in [5, 5.41) is 2.58. The number of carbonyl (C=O) groups excluding carboxylic acids is 2. The second kappa shape index (κ2) is 10.7. The van der Waals surface area contributed by atoms with Crippen LogP contribution in [0.4, 0.5) is 0 Å². The highest BCUT2D eigenvalue weighted by Gasteiger charge is 2.36. The molecule has 3 rings (SSSR count). The van der Waals surface area contributed by atoms with Gasteiger partial charge in [-0.25, -0.2) is 0 Å². The van der Waals surface area contributed by atoms with E-state index in [1.54, 1.807) is 66.7 Å². The third kappa shape index (κ3) is 6.27. The van der Waals surface area contributed by atoms with Crippen LogP contribution in [0.5, 0.6) is 5.75 Å². The van der Waals surface area contributed by atoms with E-state index in [9.17, 15) is 9.59 Å². The molecule has 166 valence electrons. The van der Waals surface area contributed by atoms with Gasteiger partial charge in [-0.05, 0) is 35.9 Å². The summed E-state index contributed by atoms with van der Waals surface area (Å²) in [5.41, 5.74) is 1.16. The smallest absolute Gasteiger partial charge is 0.266 e. The lowest BCUT2D eigenvalue weighted by Crippen LogP contribution is -2.47. The Bertz CT molecular complexity index is 1050. The number of ether oxygens (including phenoxy) is 1. The molecule has 0 radical (unpaired) electrons. The van der Waals surface area contributed by atoms with Gasteiger partial charge in [-0.1, -0.05) is 95.2 Å². The van der Waals surface area contributed by atoms with Crippen LogP contribution in [0.15, 0.2) is 72.2 Å². The van der Waals surface area contributed by atoms with Crippen molar-refractivity contribution in [3.63, 3.8) is 0 Å². The van der Waals surface area contributed by atoms with E-state index in [2.05, 4.69) is 11.9 Å².